The van der Waals surface area contributed by atoms with Crippen molar-refractivity contribution in [3.63, 3.8) is 0 Å². The van der Waals surface area contributed by atoms with Crippen molar-refractivity contribution in [2.24, 2.45) is 0 Å². The minimum Gasteiger partial charge on any atom is -0.453 e. The molecule has 3 aromatic carbocycles. The first kappa shape index (κ1) is 12.2. The summed E-state index contributed by atoms with van der Waals surface area (Å²) in [5.74, 6) is 1.30. The summed E-state index contributed by atoms with van der Waals surface area (Å²) in [5.41, 5.74) is 2.73. The van der Waals surface area contributed by atoms with Crippen LogP contribution in [-0.2, 0) is 0 Å². The smallest absolute Gasteiger partial charge is 0.152 e. The lowest BCUT2D eigenvalue weighted by molar-refractivity contribution is 0.476. The summed E-state index contributed by atoms with van der Waals surface area (Å²) >= 11 is 3.41. The Kier molecular flexibility index (Phi) is 2.29. The number of halogens is 2. The summed E-state index contributed by atoms with van der Waals surface area (Å²) in [5, 5.41) is 2.06. The number of aromatic nitrogens is 1. The van der Waals surface area contributed by atoms with Crippen LogP contribution < -0.4 is 4.74 Å². The van der Waals surface area contributed by atoms with E-state index >= 15 is 0 Å². The standard InChI is InChI=1S/C18H9BrFNO/c19-16-12(20)9-8-11-10-4-3-7-15-17(10)21(18(11)16)13-5-1-2-6-14(13)22-15/h1-9H. The number of fused-ring (bicyclic) bond motifs is 5. The SMILES string of the molecule is Fc1ccc2c3cccc4c3n(c2c1Br)-c1ccccc1O4. The van der Waals surface area contributed by atoms with Crippen molar-refractivity contribution in [3.05, 3.63) is 64.9 Å². The number of ether oxygens (including phenoxy) is 1. The van der Waals surface area contributed by atoms with Gasteiger partial charge in [-0.1, -0.05) is 24.3 Å². The van der Waals surface area contributed by atoms with E-state index in [9.17, 15) is 4.39 Å². The van der Waals surface area contributed by atoms with Gasteiger partial charge in [-0.2, -0.15) is 0 Å². The lowest BCUT2D eigenvalue weighted by Crippen LogP contribution is -2.04. The van der Waals surface area contributed by atoms with Crippen LogP contribution in [0.15, 0.2) is 59.1 Å². The lowest BCUT2D eigenvalue weighted by atomic mass is 10.1. The van der Waals surface area contributed by atoms with Crippen molar-refractivity contribution in [1.29, 1.82) is 0 Å². The van der Waals surface area contributed by atoms with E-state index in [4.69, 9.17) is 4.74 Å². The van der Waals surface area contributed by atoms with E-state index in [0.29, 0.717) is 4.47 Å². The van der Waals surface area contributed by atoms with Crippen LogP contribution in [-0.4, -0.2) is 4.57 Å². The minimum atomic E-state index is -0.267. The molecule has 0 amide bonds. The topological polar surface area (TPSA) is 14.2 Å². The zero-order valence-electron chi connectivity index (χ0n) is 11.3. The molecule has 4 aromatic rings. The molecule has 22 heavy (non-hydrogen) atoms. The highest BCUT2D eigenvalue weighted by Gasteiger charge is 2.25. The average Bonchev–Trinajstić information content (AvgIpc) is 2.88. The molecule has 2 heterocycles. The molecule has 0 N–H and O–H groups in total. The summed E-state index contributed by atoms with van der Waals surface area (Å²) < 4.78 is 22.7. The van der Waals surface area contributed by atoms with E-state index in [1.165, 1.54) is 6.07 Å². The predicted octanol–water partition coefficient (Wildman–Crippen LogP) is 5.79. The van der Waals surface area contributed by atoms with Gasteiger partial charge in [-0.3, -0.25) is 0 Å². The molecule has 0 saturated heterocycles. The number of hydrogen-bond acceptors (Lipinski definition) is 1. The predicted molar refractivity (Wildman–Crippen MR) is 88.5 cm³/mol. The second kappa shape index (κ2) is 4.11. The van der Waals surface area contributed by atoms with Gasteiger partial charge in [0.15, 0.2) is 11.5 Å². The third-order valence-electron chi connectivity index (χ3n) is 4.13. The average molecular weight is 354 g/mol. The molecule has 1 aliphatic heterocycles. The summed E-state index contributed by atoms with van der Waals surface area (Å²) in [6.07, 6.45) is 0. The third kappa shape index (κ3) is 1.38. The maximum Gasteiger partial charge on any atom is 0.152 e. The monoisotopic (exact) mass is 353 g/mol. The van der Waals surface area contributed by atoms with Gasteiger partial charge in [0, 0.05) is 10.8 Å². The third-order valence-corrected chi connectivity index (χ3v) is 4.89. The van der Waals surface area contributed by atoms with Crippen LogP contribution in [0.25, 0.3) is 27.5 Å². The van der Waals surface area contributed by atoms with Gasteiger partial charge in [-0.05, 0) is 46.3 Å². The molecule has 0 bridgehead atoms. The van der Waals surface area contributed by atoms with E-state index < -0.39 is 0 Å². The number of nitrogens with zero attached hydrogens (tertiary/aromatic N) is 1. The van der Waals surface area contributed by atoms with Crippen LogP contribution in [0.1, 0.15) is 0 Å². The van der Waals surface area contributed by atoms with Crippen LogP contribution in [0.4, 0.5) is 4.39 Å². The van der Waals surface area contributed by atoms with E-state index in [-0.39, 0.29) is 5.82 Å². The van der Waals surface area contributed by atoms with Crippen LogP contribution in [0.5, 0.6) is 11.5 Å². The first-order valence-electron chi connectivity index (χ1n) is 6.94. The molecule has 1 aliphatic rings. The molecular formula is C18H9BrFNO. The van der Waals surface area contributed by atoms with Gasteiger partial charge in [0.05, 0.1) is 21.2 Å². The number of benzene rings is 3. The van der Waals surface area contributed by atoms with Crippen LogP contribution in [0.3, 0.4) is 0 Å². The number of para-hydroxylation sites is 3. The molecule has 4 heteroatoms. The van der Waals surface area contributed by atoms with Crippen molar-refractivity contribution in [3.8, 4) is 17.2 Å². The van der Waals surface area contributed by atoms with E-state index in [1.807, 2.05) is 48.5 Å². The Hall–Kier alpha value is -2.33. The summed E-state index contributed by atoms with van der Waals surface area (Å²) in [6, 6.07) is 17.1. The highest BCUT2D eigenvalue weighted by atomic mass is 79.9. The fraction of sp³-hybridized carbons (Fsp3) is 0. The van der Waals surface area contributed by atoms with Gasteiger partial charge in [0.2, 0.25) is 0 Å². The van der Waals surface area contributed by atoms with Crippen molar-refractivity contribution in [2.75, 3.05) is 0 Å². The maximum absolute atomic E-state index is 14.1. The zero-order valence-corrected chi connectivity index (χ0v) is 12.9. The largest absolute Gasteiger partial charge is 0.453 e. The lowest BCUT2D eigenvalue weighted by Gasteiger charge is -2.20. The molecule has 0 aliphatic carbocycles. The quantitative estimate of drug-likeness (QED) is 0.343. The molecule has 5 rings (SSSR count). The molecule has 0 spiro atoms. The first-order chi connectivity index (χ1) is 10.8. The van der Waals surface area contributed by atoms with Gasteiger partial charge in [-0.15, -0.1) is 0 Å². The molecule has 0 saturated carbocycles. The highest BCUT2D eigenvalue weighted by molar-refractivity contribution is 9.10. The summed E-state index contributed by atoms with van der Waals surface area (Å²) in [7, 11) is 0. The van der Waals surface area contributed by atoms with E-state index in [0.717, 1.165) is 39.0 Å². The van der Waals surface area contributed by atoms with Crippen molar-refractivity contribution >= 4 is 37.7 Å². The molecule has 0 radical (unpaired) electrons. The fourth-order valence-electron chi connectivity index (χ4n) is 3.23. The van der Waals surface area contributed by atoms with Gasteiger partial charge >= 0.3 is 0 Å². The highest BCUT2D eigenvalue weighted by Crippen LogP contribution is 2.46. The molecule has 0 atom stereocenters. The van der Waals surface area contributed by atoms with Crippen LogP contribution in [0.2, 0.25) is 0 Å². The van der Waals surface area contributed by atoms with Gasteiger partial charge in [0.1, 0.15) is 5.82 Å². The zero-order chi connectivity index (χ0) is 14.8. The van der Waals surface area contributed by atoms with E-state index in [2.05, 4.69) is 20.5 Å². The molecule has 0 fully saturated rings. The Balaban J connectivity index is 2.13. The minimum absolute atomic E-state index is 0.267. The maximum atomic E-state index is 14.1. The second-order valence-electron chi connectivity index (χ2n) is 5.32. The van der Waals surface area contributed by atoms with Crippen molar-refractivity contribution in [2.45, 2.75) is 0 Å². The Labute approximate surface area is 133 Å². The Morgan fingerprint density at radius 1 is 0.818 bits per heavy atom. The molecule has 106 valence electrons. The number of hydrogen-bond donors (Lipinski definition) is 0. The Morgan fingerprint density at radius 3 is 2.50 bits per heavy atom. The molecule has 0 unspecified atom stereocenters. The fourth-order valence-corrected chi connectivity index (χ4v) is 3.75. The normalized spacial score (nSPS) is 12.5. The van der Waals surface area contributed by atoms with Crippen molar-refractivity contribution in [1.82, 2.24) is 4.57 Å². The van der Waals surface area contributed by atoms with E-state index in [1.54, 1.807) is 0 Å². The molecular weight excluding hydrogens is 345 g/mol. The Bertz CT molecular complexity index is 1080. The number of rotatable bonds is 0. The van der Waals surface area contributed by atoms with Gasteiger partial charge in [0.25, 0.3) is 0 Å². The van der Waals surface area contributed by atoms with Gasteiger partial charge in [-0.25, -0.2) is 4.39 Å². The first-order valence-corrected chi connectivity index (χ1v) is 7.73. The second-order valence-corrected chi connectivity index (χ2v) is 6.11. The van der Waals surface area contributed by atoms with Crippen LogP contribution in [0, 0.1) is 5.82 Å². The van der Waals surface area contributed by atoms with Crippen LogP contribution >= 0.6 is 15.9 Å². The van der Waals surface area contributed by atoms with Crippen molar-refractivity contribution < 1.29 is 9.13 Å². The molecule has 2 nitrogen and oxygen atoms in total. The Morgan fingerprint density at radius 2 is 1.59 bits per heavy atom. The summed E-state index contributed by atoms with van der Waals surface area (Å²) in [6.45, 7) is 0. The summed E-state index contributed by atoms with van der Waals surface area (Å²) in [4.78, 5) is 0. The van der Waals surface area contributed by atoms with Gasteiger partial charge < -0.3 is 9.30 Å². The molecule has 1 aromatic heterocycles.